The minimum absolute atomic E-state index is 0. The highest BCUT2D eigenvalue weighted by Crippen LogP contribution is 2.09. The van der Waals surface area contributed by atoms with E-state index in [2.05, 4.69) is 12.2 Å². The molecule has 4 nitrogen and oxygen atoms in total. The van der Waals surface area contributed by atoms with Crippen LogP contribution in [0.3, 0.4) is 0 Å². The number of nitrogens with one attached hydrogen (secondary N) is 1. The molecule has 2 atom stereocenters. The predicted molar refractivity (Wildman–Crippen MR) is 82.0 cm³/mol. The van der Waals surface area contributed by atoms with E-state index in [1.165, 1.54) is 0 Å². The maximum atomic E-state index is 12.3. The minimum Gasteiger partial charge on any atom is -0.364 e. The fourth-order valence-electron chi connectivity index (χ4n) is 2.27. The number of nitrogens with zero attached hydrogens (tertiary/aromatic N) is 1. The van der Waals surface area contributed by atoms with Crippen LogP contribution in [0.2, 0.25) is 0 Å². The van der Waals surface area contributed by atoms with Crippen LogP contribution in [-0.2, 0) is 16.1 Å². The predicted octanol–water partition coefficient (Wildman–Crippen LogP) is 1.83. The maximum absolute atomic E-state index is 12.3. The Morgan fingerprint density at radius 3 is 2.80 bits per heavy atom. The maximum Gasteiger partial charge on any atom is 0.251 e. The second-order valence-corrected chi connectivity index (χ2v) is 5.02. The van der Waals surface area contributed by atoms with Crippen molar-refractivity contribution in [3.8, 4) is 0 Å². The SMILES string of the molecule is CC(OCc1ccccc1)C(=O)N1CCNC[C@H]1C.Cl. The summed E-state index contributed by atoms with van der Waals surface area (Å²) >= 11 is 0. The van der Waals surface area contributed by atoms with Crippen LogP contribution in [0.25, 0.3) is 0 Å². The van der Waals surface area contributed by atoms with Crippen LogP contribution in [0, 0.1) is 0 Å². The van der Waals surface area contributed by atoms with Crippen LogP contribution in [0.1, 0.15) is 19.4 Å². The average Bonchev–Trinajstić information content (AvgIpc) is 2.45. The third kappa shape index (κ3) is 4.47. The first-order valence-electron chi connectivity index (χ1n) is 6.85. The van der Waals surface area contributed by atoms with Gasteiger partial charge in [0.15, 0.2) is 0 Å². The van der Waals surface area contributed by atoms with Crippen molar-refractivity contribution in [3.05, 3.63) is 35.9 Å². The first-order chi connectivity index (χ1) is 9.18. The van der Waals surface area contributed by atoms with Crippen LogP contribution in [0.15, 0.2) is 30.3 Å². The topological polar surface area (TPSA) is 41.6 Å². The smallest absolute Gasteiger partial charge is 0.251 e. The van der Waals surface area contributed by atoms with E-state index < -0.39 is 0 Å². The van der Waals surface area contributed by atoms with Crippen molar-refractivity contribution in [1.29, 1.82) is 0 Å². The standard InChI is InChI=1S/C15H22N2O2.ClH/c1-12-10-16-8-9-17(12)15(18)13(2)19-11-14-6-4-3-5-7-14;/h3-7,12-13,16H,8-11H2,1-2H3;1H/t12-,13?;/m1./s1. The highest BCUT2D eigenvalue weighted by molar-refractivity contribution is 5.85. The summed E-state index contributed by atoms with van der Waals surface area (Å²) in [5.41, 5.74) is 1.09. The Morgan fingerprint density at radius 2 is 2.15 bits per heavy atom. The van der Waals surface area contributed by atoms with Crippen molar-refractivity contribution in [1.82, 2.24) is 10.2 Å². The second-order valence-electron chi connectivity index (χ2n) is 5.02. The van der Waals surface area contributed by atoms with Crippen molar-refractivity contribution in [3.63, 3.8) is 0 Å². The van der Waals surface area contributed by atoms with Gasteiger partial charge in [-0.25, -0.2) is 0 Å². The summed E-state index contributed by atoms with van der Waals surface area (Å²) in [6.45, 7) is 6.86. The lowest BCUT2D eigenvalue weighted by Crippen LogP contribution is -2.54. The van der Waals surface area contributed by atoms with E-state index in [0.29, 0.717) is 6.61 Å². The fraction of sp³-hybridized carbons (Fsp3) is 0.533. The lowest BCUT2D eigenvalue weighted by Gasteiger charge is -2.35. The number of benzene rings is 1. The van der Waals surface area contributed by atoms with Gasteiger partial charge in [0.25, 0.3) is 5.91 Å². The fourth-order valence-corrected chi connectivity index (χ4v) is 2.27. The number of piperazine rings is 1. The van der Waals surface area contributed by atoms with E-state index in [1.54, 1.807) is 0 Å². The molecular formula is C15H23ClN2O2. The second kappa shape index (κ2) is 8.25. The zero-order valence-corrected chi connectivity index (χ0v) is 12.9. The third-order valence-corrected chi connectivity index (χ3v) is 3.47. The van der Waals surface area contributed by atoms with Crippen molar-refractivity contribution in [2.24, 2.45) is 0 Å². The number of rotatable bonds is 4. The quantitative estimate of drug-likeness (QED) is 0.922. The normalized spacial score (nSPS) is 20.1. The minimum atomic E-state index is -0.388. The molecule has 1 amide bonds. The molecule has 0 spiro atoms. The van der Waals surface area contributed by atoms with E-state index in [9.17, 15) is 4.79 Å². The van der Waals surface area contributed by atoms with Gasteiger partial charge in [-0.3, -0.25) is 4.79 Å². The molecule has 1 fully saturated rings. The number of ether oxygens (including phenoxy) is 1. The number of hydrogen-bond acceptors (Lipinski definition) is 3. The van der Waals surface area contributed by atoms with Gasteiger partial charge >= 0.3 is 0 Å². The van der Waals surface area contributed by atoms with E-state index in [1.807, 2.05) is 42.2 Å². The number of amides is 1. The molecule has 0 saturated carbocycles. The molecule has 1 aromatic carbocycles. The Labute approximate surface area is 126 Å². The molecule has 112 valence electrons. The van der Waals surface area contributed by atoms with Crippen LogP contribution in [0.5, 0.6) is 0 Å². The summed E-state index contributed by atoms with van der Waals surface area (Å²) in [4.78, 5) is 14.2. The van der Waals surface area contributed by atoms with Gasteiger partial charge < -0.3 is 15.0 Å². The molecule has 0 aliphatic carbocycles. The summed E-state index contributed by atoms with van der Waals surface area (Å²) in [6.07, 6.45) is -0.388. The highest BCUT2D eigenvalue weighted by atomic mass is 35.5. The Kier molecular flexibility index (Phi) is 6.99. The summed E-state index contributed by atoms with van der Waals surface area (Å²) in [5, 5.41) is 3.28. The van der Waals surface area contributed by atoms with Crippen LogP contribution in [-0.4, -0.2) is 42.6 Å². The van der Waals surface area contributed by atoms with Gasteiger partial charge in [0.05, 0.1) is 6.61 Å². The molecule has 1 unspecified atom stereocenters. The zero-order valence-electron chi connectivity index (χ0n) is 12.0. The van der Waals surface area contributed by atoms with Crippen molar-refractivity contribution in [2.45, 2.75) is 32.6 Å². The summed E-state index contributed by atoms with van der Waals surface area (Å²) < 4.78 is 5.68. The summed E-state index contributed by atoms with van der Waals surface area (Å²) in [7, 11) is 0. The van der Waals surface area contributed by atoms with E-state index >= 15 is 0 Å². The number of carbonyl (C=O) groups excluding carboxylic acids is 1. The Hall–Kier alpha value is -1.10. The highest BCUT2D eigenvalue weighted by Gasteiger charge is 2.27. The number of carbonyl (C=O) groups is 1. The molecular weight excluding hydrogens is 276 g/mol. The molecule has 1 heterocycles. The molecule has 2 rings (SSSR count). The van der Waals surface area contributed by atoms with Crippen molar-refractivity contribution in [2.75, 3.05) is 19.6 Å². The van der Waals surface area contributed by atoms with Crippen molar-refractivity contribution < 1.29 is 9.53 Å². The largest absolute Gasteiger partial charge is 0.364 e. The molecule has 1 saturated heterocycles. The Bertz CT molecular complexity index is 414. The monoisotopic (exact) mass is 298 g/mol. The summed E-state index contributed by atoms with van der Waals surface area (Å²) in [5.74, 6) is 0.0879. The zero-order chi connectivity index (χ0) is 13.7. The molecule has 1 aliphatic heterocycles. The lowest BCUT2D eigenvalue weighted by atomic mass is 10.2. The van der Waals surface area contributed by atoms with Gasteiger partial charge in [-0.2, -0.15) is 0 Å². The first-order valence-corrected chi connectivity index (χ1v) is 6.85. The van der Waals surface area contributed by atoms with Crippen LogP contribution >= 0.6 is 12.4 Å². The van der Waals surface area contributed by atoms with Gasteiger partial charge in [-0.1, -0.05) is 30.3 Å². The van der Waals surface area contributed by atoms with E-state index in [0.717, 1.165) is 25.2 Å². The third-order valence-electron chi connectivity index (χ3n) is 3.47. The lowest BCUT2D eigenvalue weighted by molar-refractivity contribution is -0.146. The molecule has 0 radical (unpaired) electrons. The summed E-state index contributed by atoms with van der Waals surface area (Å²) in [6, 6.07) is 10.2. The van der Waals surface area contributed by atoms with E-state index in [-0.39, 0.29) is 30.5 Å². The van der Waals surface area contributed by atoms with Gasteiger partial charge in [-0.15, -0.1) is 12.4 Å². The molecule has 0 aromatic heterocycles. The number of halogens is 1. The van der Waals surface area contributed by atoms with E-state index in [4.69, 9.17) is 4.74 Å². The Balaban J connectivity index is 0.00000200. The Morgan fingerprint density at radius 1 is 1.45 bits per heavy atom. The first kappa shape index (κ1) is 17.0. The van der Waals surface area contributed by atoms with Gasteiger partial charge in [-0.05, 0) is 19.4 Å². The molecule has 5 heteroatoms. The van der Waals surface area contributed by atoms with Gasteiger partial charge in [0.1, 0.15) is 6.10 Å². The van der Waals surface area contributed by atoms with Crippen LogP contribution in [0.4, 0.5) is 0 Å². The number of hydrogen-bond donors (Lipinski definition) is 1. The van der Waals surface area contributed by atoms with Gasteiger partial charge in [0.2, 0.25) is 0 Å². The van der Waals surface area contributed by atoms with Gasteiger partial charge in [0, 0.05) is 25.7 Å². The molecule has 1 aromatic rings. The van der Waals surface area contributed by atoms with Crippen molar-refractivity contribution >= 4 is 18.3 Å². The molecule has 0 bridgehead atoms. The molecule has 1 N–H and O–H groups in total. The molecule has 20 heavy (non-hydrogen) atoms. The molecule has 1 aliphatic rings. The van der Waals surface area contributed by atoms with Crippen LogP contribution < -0.4 is 5.32 Å². The average molecular weight is 299 g/mol.